The number of anilines is 1. The average Bonchev–Trinajstić information content (AvgIpc) is 3.04. The van der Waals surface area contributed by atoms with Gasteiger partial charge in [-0.2, -0.15) is 5.10 Å². The number of carbonyl (C=O) groups is 1. The fourth-order valence-electron chi connectivity index (χ4n) is 2.47. The summed E-state index contributed by atoms with van der Waals surface area (Å²) in [5, 5.41) is 7.18. The first-order valence-corrected chi connectivity index (χ1v) is 7.27. The molecule has 1 N–H and O–H groups in total. The van der Waals surface area contributed by atoms with E-state index in [0.717, 1.165) is 36.2 Å². The summed E-state index contributed by atoms with van der Waals surface area (Å²) < 4.78 is 7.29. The second-order valence-corrected chi connectivity index (χ2v) is 5.29. The Morgan fingerprint density at radius 2 is 2.33 bits per heavy atom. The Kier molecular flexibility index (Phi) is 4.01. The fourth-order valence-corrected chi connectivity index (χ4v) is 2.47. The molecule has 0 saturated carbocycles. The Bertz CT molecular complexity index is 616. The molecule has 0 spiro atoms. The second kappa shape index (κ2) is 6.10. The van der Waals surface area contributed by atoms with Crippen LogP contribution in [0.1, 0.15) is 24.8 Å². The highest BCUT2D eigenvalue weighted by Crippen LogP contribution is 2.21. The highest BCUT2D eigenvalue weighted by atomic mass is 16.5. The largest absolute Gasteiger partial charge is 0.368 e. The number of ether oxygens (including phenoxy) is 1. The molecule has 0 aliphatic carbocycles. The Labute approximate surface area is 123 Å². The number of benzene rings is 1. The van der Waals surface area contributed by atoms with Gasteiger partial charge in [-0.05, 0) is 49.9 Å². The van der Waals surface area contributed by atoms with Gasteiger partial charge in [0.1, 0.15) is 6.10 Å². The van der Waals surface area contributed by atoms with E-state index in [1.807, 2.05) is 37.4 Å². The van der Waals surface area contributed by atoms with Crippen LogP contribution < -0.4 is 5.32 Å². The Hall–Kier alpha value is -2.14. The summed E-state index contributed by atoms with van der Waals surface area (Å²) in [6.07, 6.45) is 6.16. The molecule has 1 atom stereocenters. The van der Waals surface area contributed by atoms with Crippen LogP contribution in [-0.4, -0.2) is 28.4 Å². The van der Waals surface area contributed by atoms with Gasteiger partial charge in [0.2, 0.25) is 0 Å². The number of rotatable bonds is 3. The van der Waals surface area contributed by atoms with E-state index in [1.165, 1.54) is 0 Å². The van der Waals surface area contributed by atoms with Crippen molar-refractivity contribution in [3.63, 3.8) is 0 Å². The number of carbonyl (C=O) groups excluding carboxylic acids is 1. The third kappa shape index (κ3) is 3.13. The molecular formula is C16H19N3O2. The lowest BCUT2D eigenvalue weighted by Crippen LogP contribution is -2.33. The van der Waals surface area contributed by atoms with E-state index in [2.05, 4.69) is 10.4 Å². The molecule has 0 unspecified atom stereocenters. The normalized spacial score (nSPS) is 18.4. The van der Waals surface area contributed by atoms with Crippen LogP contribution in [0.25, 0.3) is 5.69 Å². The van der Waals surface area contributed by atoms with Crippen molar-refractivity contribution in [2.45, 2.75) is 32.3 Å². The Morgan fingerprint density at radius 1 is 1.43 bits per heavy atom. The zero-order valence-electron chi connectivity index (χ0n) is 12.1. The van der Waals surface area contributed by atoms with Gasteiger partial charge in [-0.3, -0.25) is 4.79 Å². The topological polar surface area (TPSA) is 56.2 Å². The third-order valence-corrected chi connectivity index (χ3v) is 3.72. The van der Waals surface area contributed by atoms with Gasteiger partial charge in [-0.15, -0.1) is 0 Å². The van der Waals surface area contributed by atoms with Gasteiger partial charge < -0.3 is 10.1 Å². The standard InChI is InChI=1S/C16H19N3O2/c1-12-6-7-13(19-9-4-8-17-19)11-14(12)18-16(20)15-5-2-3-10-21-15/h4,6-9,11,15H,2-3,5,10H2,1H3,(H,18,20)/t15-/m1/s1. The molecule has 3 rings (SSSR count). The average molecular weight is 285 g/mol. The van der Waals surface area contributed by atoms with Crippen LogP contribution in [0, 0.1) is 6.92 Å². The van der Waals surface area contributed by atoms with E-state index in [9.17, 15) is 4.79 Å². The second-order valence-electron chi connectivity index (χ2n) is 5.29. The van der Waals surface area contributed by atoms with E-state index in [1.54, 1.807) is 10.9 Å². The summed E-state index contributed by atoms with van der Waals surface area (Å²) in [5.74, 6) is -0.0598. The van der Waals surface area contributed by atoms with Crippen molar-refractivity contribution in [2.24, 2.45) is 0 Å². The van der Waals surface area contributed by atoms with E-state index in [4.69, 9.17) is 4.74 Å². The maximum atomic E-state index is 12.3. The molecule has 1 aliphatic heterocycles. The molecule has 110 valence electrons. The third-order valence-electron chi connectivity index (χ3n) is 3.72. The molecule has 1 aromatic heterocycles. The minimum absolute atomic E-state index is 0.0598. The molecule has 2 aromatic rings. The monoisotopic (exact) mass is 285 g/mol. The molecule has 1 aromatic carbocycles. The molecule has 1 aliphatic rings. The van der Waals surface area contributed by atoms with Crippen LogP contribution in [0.5, 0.6) is 0 Å². The molecule has 21 heavy (non-hydrogen) atoms. The highest BCUT2D eigenvalue weighted by molar-refractivity contribution is 5.95. The van der Waals surface area contributed by atoms with E-state index in [-0.39, 0.29) is 12.0 Å². The zero-order valence-corrected chi connectivity index (χ0v) is 12.1. The number of nitrogens with one attached hydrogen (secondary N) is 1. The van der Waals surface area contributed by atoms with Crippen molar-refractivity contribution < 1.29 is 9.53 Å². The summed E-state index contributed by atoms with van der Waals surface area (Å²) in [6, 6.07) is 7.76. The summed E-state index contributed by atoms with van der Waals surface area (Å²) >= 11 is 0. The number of hydrogen-bond acceptors (Lipinski definition) is 3. The molecule has 0 bridgehead atoms. The molecule has 5 heteroatoms. The van der Waals surface area contributed by atoms with E-state index < -0.39 is 0 Å². The van der Waals surface area contributed by atoms with Crippen LogP contribution >= 0.6 is 0 Å². The van der Waals surface area contributed by atoms with Crippen molar-refractivity contribution in [3.8, 4) is 5.69 Å². The van der Waals surface area contributed by atoms with Gasteiger partial charge in [0, 0.05) is 24.7 Å². The van der Waals surface area contributed by atoms with Crippen LogP contribution in [0.4, 0.5) is 5.69 Å². The lowest BCUT2D eigenvalue weighted by molar-refractivity contribution is -0.129. The van der Waals surface area contributed by atoms with Gasteiger partial charge in [-0.1, -0.05) is 6.07 Å². The van der Waals surface area contributed by atoms with Crippen molar-refractivity contribution in [2.75, 3.05) is 11.9 Å². The predicted octanol–water partition coefficient (Wildman–Crippen LogP) is 2.69. The van der Waals surface area contributed by atoms with Crippen molar-refractivity contribution in [1.29, 1.82) is 0 Å². The molecule has 1 saturated heterocycles. The minimum atomic E-state index is -0.327. The van der Waals surface area contributed by atoms with Crippen LogP contribution in [-0.2, 0) is 9.53 Å². The van der Waals surface area contributed by atoms with Gasteiger partial charge >= 0.3 is 0 Å². The molecular weight excluding hydrogens is 266 g/mol. The first-order chi connectivity index (χ1) is 10.2. The molecule has 2 heterocycles. The smallest absolute Gasteiger partial charge is 0.253 e. The Morgan fingerprint density at radius 3 is 3.05 bits per heavy atom. The molecule has 5 nitrogen and oxygen atoms in total. The van der Waals surface area contributed by atoms with Crippen LogP contribution in [0.15, 0.2) is 36.7 Å². The number of nitrogens with zero attached hydrogens (tertiary/aromatic N) is 2. The van der Waals surface area contributed by atoms with Crippen LogP contribution in [0.3, 0.4) is 0 Å². The van der Waals surface area contributed by atoms with Gasteiger partial charge in [0.15, 0.2) is 0 Å². The summed E-state index contributed by atoms with van der Waals surface area (Å²) in [7, 11) is 0. The lowest BCUT2D eigenvalue weighted by Gasteiger charge is -2.22. The van der Waals surface area contributed by atoms with Gasteiger partial charge in [0.25, 0.3) is 5.91 Å². The number of aromatic nitrogens is 2. The predicted molar refractivity (Wildman–Crippen MR) is 80.5 cm³/mol. The highest BCUT2D eigenvalue weighted by Gasteiger charge is 2.22. The summed E-state index contributed by atoms with van der Waals surface area (Å²) in [4.78, 5) is 12.3. The number of aryl methyl sites for hydroxylation is 1. The first kappa shape index (κ1) is 13.8. The lowest BCUT2D eigenvalue weighted by atomic mass is 10.1. The quantitative estimate of drug-likeness (QED) is 0.943. The fraction of sp³-hybridized carbons (Fsp3) is 0.375. The van der Waals surface area contributed by atoms with Crippen molar-refractivity contribution in [1.82, 2.24) is 9.78 Å². The van der Waals surface area contributed by atoms with E-state index in [0.29, 0.717) is 6.61 Å². The minimum Gasteiger partial charge on any atom is -0.368 e. The number of amides is 1. The maximum absolute atomic E-state index is 12.3. The molecule has 0 radical (unpaired) electrons. The SMILES string of the molecule is Cc1ccc(-n2cccn2)cc1NC(=O)[C@H]1CCCCO1. The summed E-state index contributed by atoms with van der Waals surface area (Å²) in [6.45, 7) is 2.65. The van der Waals surface area contributed by atoms with E-state index >= 15 is 0 Å². The first-order valence-electron chi connectivity index (χ1n) is 7.27. The van der Waals surface area contributed by atoms with Gasteiger partial charge in [0.05, 0.1) is 5.69 Å². The van der Waals surface area contributed by atoms with Crippen molar-refractivity contribution in [3.05, 3.63) is 42.2 Å². The van der Waals surface area contributed by atoms with Gasteiger partial charge in [-0.25, -0.2) is 4.68 Å². The van der Waals surface area contributed by atoms with Crippen LogP contribution in [0.2, 0.25) is 0 Å². The summed E-state index contributed by atoms with van der Waals surface area (Å²) in [5.41, 5.74) is 2.75. The maximum Gasteiger partial charge on any atom is 0.253 e. The van der Waals surface area contributed by atoms with Crippen molar-refractivity contribution >= 4 is 11.6 Å². The Balaban J connectivity index is 1.78. The molecule has 1 fully saturated rings. The number of hydrogen-bond donors (Lipinski definition) is 1. The zero-order chi connectivity index (χ0) is 14.7. The molecule has 1 amide bonds.